The molecule has 1 aliphatic rings. The third kappa shape index (κ3) is 4.04. The third-order valence-electron chi connectivity index (χ3n) is 3.45. The molecule has 0 bridgehead atoms. The minimum absolute atomic E-state index is 0.0824. The molecule has 1 aromatic rings. The first-order valence-corrected chi connectivity index (χ1v) is 7.21. The lowest BCUT2D eigenvalue weighted by molar-refractivity contribution is 0.0396. The van der Waals surface area contributed by atoms with E-state index in [1.165, 1.54) is 12.1 Å². The van der Waals surface area contributed by atoms with Gasteiger partial charge in [0.15, 0.2) is 0 Å². The number of nitrogens with zero attached hydrogens (tertiary/aromatic N) is 1. The lowest BCUT2D eigenvalue weighted by atomic mass is 10.1. The van der Waals surface area contributed by atoms with Crippen molar-refractivity contribution in [1.29, 1.82) is 0 Å². The highest BCUT2D eigenvalue weighted by Gasteiger charge is 2.27. The zero-order chi connectivity index (χ0) is 15.4. The standard InChI is InChI=1S/C16H21NO4/c1-11(2)10-21-14-6-7-17(9-14)15(18)12-4-3-5-13(8-12)16(19)20/h3-5,8,11,14H,6-7,9-10H2,1-2H3,(H,19,20)/t14-/m0/s1. The lowest BCUT2D eigenvalue weighted by Gasteiger charge is -2.17. The summed E-state index contributed by atoms with van der Waals surface area (Å²) >= 11 is 0. The molecule has 1 heterocycles. The van der Waals surface area contributed by atoms with Crippen LogP contribution in [0.2, 0.25) is 0 Å². The smallest absolute Gasteiger partial charge is 0.335 e. The molecule has 1 aliphatic heterocycles. The van der Waals surface area contributed by atoms with Gasteiger partial charge in [-0.3, -0.25) is 4.79 Å². The van der Waals surface area contributed by atoms with Crippen LogP contribution in [0.25, 0.3) is 0 Å². The molecule has 5 nitrogen and oxygen atoms in total. The summed E-state index contributed by atoms with van der Waals surface area (Å²) in [6.45, 7) is 6.10. The molecule has 114 valence electrons. The third-order valence-corrected chi connectivity index (χ3v) is 3.45. The topological polar surface area (TPSA) is 66.8 Å². The van der Waals surface area contributed by atoms with E-state index in [2.05, 4.69) is 13.8 Å². The quantitative estimate of drug-likeness (QED) is 0.903. The highest BCUT2D eigenvalue weighted by molar-refractivity contribution is 5.97. The van der Waals surface area contributed by atoms with Crippen LogP contribution in [0.4, 0.5) is 0 Å². The first kappa shape index (κ1) is 15.5. The number of hydrogen-bond donors (Lipinski definition) is 1. The van der Waals surface area contributed by atoms with Crippen molar-refractivity contribution in [3.8, 4) is 0 Å². The van der Waals surface area contributed by atoms with Gasteiger partial charge in [-0.1, -0.05) is 19.9 Å². The molecule has 1 atom stereocenters. The van der Waals surface area contributed by atoms with E-state index in [1.54, 1.807) is 17.0 Å². The molecule has 0 radical (unpaired) electrons. The first-order valence-electron chi connectivity index (χ1n) is 7.21. The number of benzene rings is 1. The summed E-state index contributed by atoms with van der Waals surface area (Å²) < 4.78 is 5.75. The average molecular weight is 291 g/mol. The van der Waals surface area contributed by atoms with Crippen LogP contribution in [0.5, 0.6) is 0 Å². The van der Waals surface area contributed by atoms with E-state index in [1.807, 2.05) is 0 Å². The molecule has 0 aliphatic carbocycles. The predicted octanol–water partition coefficient (Wildman–Crippen LogP) is 2.27. The van der Waals surface area contributed by atoms with Gasteiger partial charge in [-0.25, -0.2) is 4.79 Å². The fourth-order valence-electron chi connectivity index (χ4n) is 2.35. The number of ether oxygens (including phenoxy) is 1. The van der Waals surface area contributed by atoms with Crippen LogP contribution in [0.1, 0.15) is 41.0 Å². The molecular formula is C16H21NO4. The second kappa shape index (κ2) is 6.72. The Bertz CT molecular complexity index is 527. The minimum atomic E-state index is -1.02. The zero-order valence-electron chi connectivity index (χ0n) is 12.4. The van der Waals surface area contributed by atoms with Gasteiger partial charge in [0.2, 0.25) is 0 Å². The number of amides is 1. The molecule has 1 fully saturated rings. The van der Waals surface area contributed by atoms with Gasteiger partial charge in [0.25, 0.3) is 5.91 Å². The SMILES string of the molecule is CC(C)CO[C@H]1CCN(C(=O)c2cccc(C(=O)O)c2)C1. The molecule has 1 aromatic carbocycles. The molecule has 0 aromatic heterocycles. The monoisotopic (exact) mass is 291 g/mol. The van der Waals surface area contributed by atoms with E-state index >= 15 is 0 Å². The summed E-state index contributed by atoms with van der Waals surface area (Å²) in [5.74, 6) is -0.681. The van der Waals surface area contributed by atoms with E-state index in [-0.39, 0.29) is 17.6 Å². The number of hydrogen-bond acceptors (Lipinski definition) is 3. The van der Waals surface area contributed by atoms with Crippen LogP contribution in [0.15, 0.2) is 24.3 Å². The summed E-state index contributed by atoms with van der Waals surface area (Å²) in [6.07, 6.45) is 0.913. The highest BCUT2D eigenvalue weighted by Crippen LogP contribution is 2.17. The molecule has 2 rings (SSSR count). The highest BCUT2D eigenvalue weighted by atomic mass is 16.5. The van der Waals surface area contributed by atoms with Gasteiger partial charge >= 0.3 is 5.97 Å². The lowest BCUT2D eigenvalue weighted by Crippen LogP contribution is -2.30. The summed E-state index contributed by atoms with van der Waals surface area (Å²) in [4.78, 5) is 25.1. The van der Waals surface area contributed by atoms with Gasteiger partial charge in [0.05, 0.1) is 11.7 Å². The number of carbonyl (C=O) groups is 2. The van der Waals surface area contributed by atoms with Gasteiger partial charge in [-0.2, -0.15) is 0 Å². The maximum absolute atomic E-state index is 12.4. The van der Waals surface area contributed by atoms with E-state index in [9.17, 15) is 9.59 Å². The van der Waals surface area contributed by atoms with Crippen molar-refractivity contribution in [1.82, 2.24) is 4.90 Å². The van der Waals surface area contributed by atoms with Crippen LogP contribution < -0.4 is 0 Å². The number of aromatic carboxylic acids is 1. The average Bonchev–Trinajstić information content (AvgIpc) is 2.93. The van der Waals surface area contributed by atoms with Gasteiger partial charge in [0.1, 0.15) is 0 Å². The van der Waals surface area contributed by atoms with Crippen molar-refractivity contribution < 1.29 is 19.4 Å². The molecule has 0 spiro atoms. The first-order chi connectivity index (χ1) is 9.97. The van der Waals surface area contributed by atoms with E-state index in [0.29, 0.717) is 31.2 Å². The molecule has 5 heteroatoms. The van der Waals surface area contributed by atoms with Crippen LogP contribution in [0, 0.1) is 5.92 Å². The largest absolute Gasteiger partial charge is 0.478 e. The second-order valence-corrected chi connectivity index (χ2v) is 5.77. The maximum atomic E-state index is 12.4. The minimum Gasteiger partial charge on any atom is -0.478 e. The van der Waals surface area contributed by atoms with Gasteiger partial charge < -0.3 is 14.7 Å². The number of likely N-dealkylation sites (tertiary alicyclic amines) is 1. The van der Waals surface area contributed by atoms with Crippen molar-refractivity contribution in [2.75, 3.05) is 19.7 Å². The Hall–Kier alpha value is -1.88. The Morgan fingerprint density at radius 2 is 2.10 bits per heavy atom. The fraction of sp³-hybridized carbons (Fsp3) is 0.500. The van der Waals surface area contributed by atoms with E-state index in [0.717, 1.165) is 6.42 Å². The van der Waals surface area contributed by atoms with Crippen molar-refractivity contribution >= 4 is 11.9 Å². The van der Waals surface area contributed by atoms with Crippen molar-refractivity contribution in [3.63, 3.8) is 0 Å². The van der Waals surface area contributed by atoms with Crippen LogP contribution in [0.3, 0.4) is 0 Å². The van der Waals surface area contributed by atoms with Gasteiger partial charge in [-0.05, 0) is 30.5 Å². The molecular weight excluding hydrogens is 270 g/mol. The Balaban J connectivity index is 1.98. The maximum Gasteiger partial charge on any atom is 0.335 e. The number of carboxylic acids is 1. The summed E-state index contributed by atoms with van der Waals surface area (Å²) in [5, 5.41) is 8.98. The van der Waals surface area contributed by atoms with Gasteiger partial charge in [-0.15, -0.1) is 0 Å². The second-order valence-electron chi connectivity index (χ2n) is 5.77. The normalized spacial score (nSPS) is 18.2. The summed E-state index contributed by atoms with van der Waals surface area (Å²) in [7, 11) is 0. The zero-order valence-corrected chi connectivity index (χ0v) is 12.4. The predicted molar refractivity (Wildman–Crippen MR) is 78.5 cm³/mol. The molecule has 0 saturated carbocycles. The van der Waals surface area contributed by atoms with E-state index < -0.39 is 5.97 Å². The van der Waals surface area contributed by atoms with E-state index in [4.69, 9.17) is 9.84 Å². The van der Waals surface area contributed by atoms with Crippen molar-refractivity contribution in [3.05, 3.63) is 35.4 Å². The molecule has 21 heavy (non-hydrogen) atoms. The van der Waals surface area contributed by atoms with Crippen molar-refractivity contribution in [2.45, 2.75) is 26.4 Å². The van der Waals surface area contributed by atoms with Crippen LogP contribution in [-0.2, 0) is 4.74 Å². The number of carbonyl (C=O) groups excluding carboxylic acids is 1. The summed E-state index contributed by atoms with van der Waals surface area (Å²) in [5.41, 5.74) is 0.548. The Morgan fingerprint density at radius 1 is 1.38 bits per heavy atom. The Labute approximate surface area is 124 Å². The Kier molecular flexibility index (Phi) is 4.96. The molecule has 0 unspecified atom stereocenters. The molecule has 1 amide bonds. The number of carboxylic acid groups (broad SMARTS) is 1. The molecule has 1 N–H and O–H groups in total. The van der Waals surface area contributed by atoms with Crippen LogP contribution in [-0.4, -0.2) is 47.7 Å². The van der Waals surface area contributed by atoms with Gasteiger partial charge in [0, 0.05) is 25.3 Å². The molecule has 1 saturated heterocycles. The Morgan fingerprint density at radius 3 is 2.76 bits per heavy atom. The van der Waals surface area contributed by atoms with Crippen molar-refractivity contribution in [2.24, 2.45) is 5.92 Å². The fourth-order valence-corrected chi connectivity index (χ4v) is 2.35. The number of rotatable bonds is 5. The summed E-state index contributed by atoms with van der Waals surface area (Å²) in [6, 6.07) is 6.15. The van der Waals surface area contributed by atoms with Crippen LogP contribution >= 0.6 is 0 Å².